The van der Waals surface area contributed by atoms with E-state index >= 15 is 0 Å². The lowest BCUT2D eigenvalue weighted by Gasteiger charge is -2.04. The third kappa shape index (κ3) is 2.66. The fraction of sp³-hybridized carbons (Fsp3) is 0.600. The summed E-state index contributed by atoms with van der Waals surface area (Å²) < 4.78 is 36.6. The van der Waals surface area contributed by atoms with Crippen LogP contribution in [0.4, 0.5) is 13.2 Å². The molecule has 1 saturated carbocycles. The summed E-state index contributed by atoms with van der Waals surface area (Å²) in [4.78, 5) is 14.5. The molecule has 1 aromatic heterocycles. The summed E-state index contributed by atoms with van der Waals surface area (Å²) in [6.07, 6.45) is -1.40. The highest BCUT2D eigenvalue weighted by atomic mass is 32.1. The molecule has 3 nitrogen and oxygen atoms in total. The minimum Gasteiger partial charge on any atom is -0.328 e. The standard InChI is InChI=1S/C10H11F3N2OS/c11-10(12,13)8(16)7-4-15-9(17-7)5-1-2-6(14)3-5/h4-6H,1-3,14H2. The molecule has 1 aromatic rings. The van der Waals surface area contributed by atoms with Gasteiger partial charge in [0.1, 0.15) is 0 Å². The number of hydrogen-bond donors (Lipinski definition) is 1. The van der Waals surface area contributed by atoms with E-state index in [4.69, 9.17) is 5.73 Å². The van der Waals surface area contributed by atoms with Gasteiger partial charge in [0.2, 0.25) is 0 Å². The van der Waals surface area contributed by atoms with Crippen LogP contribution in [0.1, 0.15) is 39.9 Å². The number of Topliss-reactive ketones (excluding diaryl/α,β-unsaturated/α-hetero) is 1. The van der Waals surface area contributed by atoms with Gasteiger partial charge in [-0.15, -0.1) is 11.3 Å². The number of carbonyl (C=O) groups excluding carboxylic acids is 1. The molecular formula is C10H11F3N2OS. The molecule has 1 aliphatic carbocycles. The number of rotatable bonds is 2. The van der Waals surface area contributed by atoms with E-state index in [1.165, 1.54) is 0 Å². The predicted molar refractivity (Wildman–Crippen MR) is 57.1 cm³/mol. The van der Waals surface area contributed by atoms with Gasteiger partial charge in [0.25, 0.3) is 5.78 Å². The van der Waals surface area contributed by atoms with Crippen molar-refractivity contribution in [3.05, 3.63) is 16.1 Å². The Morgan fingerprint density at radius 3 is 2.71 bits per heavy atom. The number of hydrogen-bond acceptors (Lipinski definition) is 4. The number of ketones is 1. The smallest absolute Gasteiger partial charge is 0.328 e. The molecule has 94 valence electrons. The maximum Gasteiger partial charge on any atom is 0.455 e. The summed E-state index contributed by atoms with van der Waals surface area (Å²) in [6, 6.07) is 0.0886. The topological polar surface area (TPSA) is 56.0 Å². The lowest BCUT2D eigenvalue weighted by Crippen LogP contribution is -2.21. The van der Waals surface area contributed by atoms with E-state index < -0.39 is 12.0 Å². The summed E-state index contributed by atoms with van der Waals surface area (Å²) >= 11 is 0.831. The summed E-state index contributed by atoms with van der Waals surface area (Å²) in [5.74, 6) is -1.71. The van der Waals surface area contributed by atoms with Gasteiger partial charge in [-0.2, -0.15) is 13.2 Å². The lowest BCUT2D eigenvalue weighted by atomic mass is 10.1. The summed E-state index contributed by atoms with van der Waals surface area (Å²) in [5, 5.41) is 0.588. The number of aromatic nitrogens is 1. The first-order valence-corrected chi connectivity index (χ1v) is 6.02. The molecule has 0 radical (unpaired) electrons. The van der Waals surface area contributed by atoms with Gasteiger partial charge >= 0.3 is 6.18 Å². The number of nitrogens with two attached hydrogens (primary N) is 1. The van der Waals surface area contributed by atoms with Gasteiger partial charge in [-0.05, 0) is 19.3 Å². The van der Waals surface area contributed by atoms with Crippen molar-refractivity contribution in [1.29, 1.82) is 0 Å². The van der Waals surface area contributed by atoms with Gasteiger partial charge in [-0.25, -0.2) is 4.98 Å². The van der Waals surface area contributed by atoms with Crippen LogP contribution in [0.2, 0.25) is 0 Å². The van der Waals surface area contributed by atoms with Crippen LogP contribution in [-0.2, 0) is 0 Å². The minimum absolute atomic E-state index is 0.0886. The van der Waals surface area contributed by atoms with Crippen LogP contribution >= 0.6 is 11.3 Å². The molecule has 2 N–H and O–H groups in total. The molecular weight excluding hydrogens is 253 g/mol. The van der Waals surface area contributed by atoms with Gasteiger partial charge in [0, 0.05) is 18.2 Å². The summed E-state index contributed by atoms with van der Waals surface area (Å²) in [7, 11) is 0. The maximum absolute atomic E-state index is 12.2. The Labute approximate surface area is 99.8 Å². The van der Waals surface area contributed by atoms with Crippen LogP contribution < -0.4 is 5.73 Å². The lowest BCUT2D eigenvalue weighted by molar-refractivity contribution is -0.0882. The van der Waals surface area contributed by atoms with Gasteiger partial charge in [0.05, 0.1) is 9.88 Å². The average molecular weight is 264 g/mol. The number of nitrogens with zero attached hydrogens (tertiary/aromatic N) is 1. The van der Waals surface area contributed by atoms with Gasteiger partial charge in [-0.3, -0.25) is 4.79 Å². The maximum atomic E-state index is 12.2. The Bertz CT molecular complexity index is 429. The van der Waals surface area contributed by atoms with Crippen molar-refractivity contribution in [2.24, 2.45) is 5.73 Å². The van der Waals surface area contributed by atoms with Crippen molar-refractivity contribution in [2.45, 2.75) is 37.4 Å². The molecule has 2 unspecified atom stereocenters. The SMILES string of the molecule is NC1CCC(c2ncc(C(=O)C(F)(F)F)s2)C1. The third-order valence-corrected chi connectivity index (χ3v) is 3.99. The van der Waals surface area contributed by atoms with Crippen LogP contribution in [0.25, 0.3) is 0 Å². The van der Waals surface area contributed by atoms with E-state index in [0.29, 0.717) is 5.01 Å². The Morgan fingerprint density at radius 1 is 1.47 bits per heavy atom. The second-order valence-corrected chi connectivity index (χ2v) is 5.22. The Kier molecular flexibility index (Phi) is 3.22. The van der Waals surface area contributed by atoms with Crippen LogP contribution in [0.15, 0.2) is 6.20 Å². The first kappa shape index (κ1) is 12.5. The van der Waals surface area contributed by atoms with Crippen LogP contribution in [0, 0.1) is 0 Å². The number of alkyl halides is 3. The fourth-order valence-electron chi connectivity index (χ4n) is 1.96. The highest BCUT2D eigenvalue weighted by molar-refractivity contribution is 7.13. The Morgan fingerprint density at radius 2 is 2.18 bits per heavy atom. The fourth-order valence-corrected chi connectivity index (χ4v) is 2.99. The highest BCUT2D eigenvalue weighted by Crippen LogP contribution is 2.36. The monoisotopic (exact) mass is 264 g/mol. The van der Waals surface area contributed by atoms with E-state index in [1.54, 1.807) is 0 Å². The quantitative estimate of drug-likeness (QED) is 0.835. The first-order valence-electron chi connectivity index (χ1n) is 5.20. The second-order valence-electron chi connectivity index (χ2n) is 4.16. The van der Waals surface area contributed by atoms with Gasteiger partial charge in [-0.1, -0.05) is 0 Å². The molecule has 0 saturated heterocycles. The Hall–Kier alpha value is -0.950. The molecule has 1 fully saturated rings. The van der Waals surface area contributed by atoms with Crippen molar-refractivity contribution in [3.8, 4) is 0 Å². The molecule has 0 spiro atoms. The molecule has 1 aliphatic rings. The predicted octanol–water partition coefficient (Wildman–Crippen LogP) is 2.48. The van der Waals surface area contributed by atoms with Gasteiger partial charge < -0.3 is 5.73 Å². The van der Waals surface area contributed by atoms with Crippen LogP contribution in [-0.4, -0.2) is 23.0 Å². The van der Waals surface area contributed by atoms with Crippen molar-refractivity contribution in [3.63, 3.8) is 0 Å². The van der Waals surface area contributed by atoms with E-state index in [0.717, 1.165) is 36.8 Å². The summed E-state index contributed by atoms with van der Waals surface area (Å²) in [5.41, 5.74) is 5.73. The molecule has 17 heavy (non-hydrogen) atoms. The van der Waals surface area contributed by atoms with Crippen LogP contribution in [0.3, 0.4) is 0 Å². The minimum atomic E-state index is -4.82. The zero-order valence-electron chi connectivity index (χ0n) is 8.83. The number of carbonyl (C=O) groups is 1. The second kappa shape index (κ2) is 4.38. The average Bonchev–Trinajstić information content (AvgIpc) is 2.83. The van der Waals surface area contributed by atoms with Crippen molar-refractivity contribution in [1.82, 2.24) is 4.98 Å². The van der Waals surface area contributed by atoms with E-state index in [1.807, 2.05) is 0 Å². The normalized spacial score (nSPS) is 25.2. The van der Waals surface area contributed by atoms with Gasteiger partial charge in [0.15, 0.2) is 0 Å². The third-order valence-electron chi connectivity index (χ3n) is 2.83. The first-order chi connectivity index (χ1) is 7.88. The molecule has 0 bridgehead atoms. The van der Waals surface area contributed by atoms with E-state index in [9.17, 15) is 18.0 Å². The number of thiazole rings is 1. The summed E-state index contributed by atoms with van der Waals surface area (Å²) in [6.45, 7) is 0. The zero-order chi connectivity index (χ0) is 12.6. The molecule has 1 heterocycles. The largest absolute Gasteiger partial charge is 0.455 e. The van der Waals surface area contributed by atoms with Crippen LogP contribution in [0.5, 0.6) is 0 Å². The molecule has 7 heteroatoms. The number of halogens is 3. The van der Waals surface area contributed by atoms with E-state index in [2.05, 4.69) is 4.98 Å². The van der Waals surface area contributed by atoms with E-state index in [-0.39, 0.29) is 16.8 Å². The van der Waals surface area contributed by atoms with Crippen molar-refractivity contribution < 1.29 is 18.0 Å². The molecule has 0 aromatic carbocycles. The molecule has 2 atom stereocenters. The van der Waals surface area contributed by atoms with Crippen molar-refractivity contribution in [2.75, 3.05) is 0 Å². The molecule has 0 aliphatic heterocycles. The zero-order valence-corrected chi connectivity index (χ0v) is 9.64. The molecule has 2 rings (SSSR count). The highest BCUT2D eigenvalue weighted by Gasteiger charge is 2.41. The van der Waals surface area contributed by atoms with Crippen molar-refractivity contribution >= 4 is 17.1 Å². The Balaban J connectivity index is 2.14. The molecule has 0 amide bonds.